The van der Waals surface area contributed by atoms with Crippen LogP contribution >= 0.6 is 31.9 Å². The normalized spacial score (nSPS) is 12.2. The summed E-state index contributed by atoms with van der Waals surface area (Å²) in [6.07, 6.45) is 0. The second kappa shape index (κ2) is 6.74. The number of anilines is 1. The van der Waals surface area contributed by atoms with E-state index < -0.39 is 10.8 Å². The molecule has 0 aromatic heterocycles. The molecule has 0 aliphatic heterocycles. The number of ether oxygens (including phenoxy) is 1. The summed E-state index contributed by atoms with van der Waals surface area (Å²) in [5, 5.41) is 0. The van der Waals surface area contributed by atoms with Crippen LogP contribution in [0.25, 0.3) is 0 Å². The Morgan fingerprint density at radius 3 is 2.65 bits per heavy atom. The predicted molar refractivity (Wildman–Crippen MR) is 89.4 cm³/mol. The van der Waals surface area contributed by atoms with Crippen molar-refractivity contribution in [3.8, 4) is 5.75 Å². The average molecular weight is 419 g/mol. The van der Waals surface area contributed by atoms with Gasteiger partial charge in [-0.3, -0.25) is 4.21 Å². The standard InChI is InChI=1S/C14H13Br2NO2S/c1-19-11-3-4-12(16)9(6-11)8-20(18)14-7-10(15)2-5-13(14)17/h2-7H,8,17H2,1H3. The molecule has 106 valence electrons. The average Bonchev–Trinajstić information content (AvgIpc) is 2.43. The number of nitrogen functional groups attached to an aromatic ring is 1. The van der Waals surface area contributed by atoms with Crippen LogP contribution in [0.5, 0.6) is 5.75 Å². The van der Waals surface area contributed by atoms with Gasteiger partial charge in [0.1, 0.15) is 5.75 Å². The zero-order valence-electron chi connectivity index (χ0n) is 10.7. The molecule has 20 heavy (non-hydrogen) atoms. The minimum Gasteiger partial charge on any atom is -0.497 e. The maximum Gasteiger partial charge on any atom is 0.119 e. The Bertz CT molecular complexity index is 662. The molecule has 6 heteroatoms. The third-order valence-electron chi connectivity index (χ3n) is 2.76. The highest BCUT2D eigenvalue weighted by Gasteiger charge is 2.12. The van der Waals surface area contributed by atoms with Crippen molar-refractivity contribution in [1.82, 2.24) is 0 Å². The fourth-order valence-electron chi connectivity index (χ4n) is 1.71. The van der Waals surface area contributed by atoms with Crippen LogP contribution in [0.4, 0.5) is 5.69 Å². The molecule has 0 spiro atoms. The Balaban J connectivity index is 2.30. The fraction of sp³-hybridized carbons (Fsp3) is 0.143. The fourth-order valence-corrected chi connectivity index (χ4v) is 4.06. The van der Waals surface area contributed by atoms with Gasteiger partial charge in [0.05, 0.1) is 28.6 Å². The highest BCUT2D eigenvalue weighted by molar-refractivity contribution is 9.10. The van der Waals surface area contributed by atoms with E-state index in [9.17, 15) is 4.21 Å². The minimum atomic E-state index is -1.22. The molecule has 0 saturated heterocycles. The molecular formula is C14H13Br2NO2S. The highest BCUT2D eigenvalue weighted by Crippen LogP contribution is 2.28. The summed E-state index contributed by atoms with van der Waals surface area (Å²) in [6, 6.07) is 11.0. The quantitative estimate of drug-likeness (QED) is 0.760. The maximum atomic E-state index is 12.5. The van der Waals surface area contributed by atoms with E-state index in [2.05, 4.69) is 31.9 Å². The topological polar surface area (TPSA) is 52.3 Å². The minimum absolute atomic E-state index is 0.373. The molecule has 2 rings (SSSR count). The summed E-state index contributed by atoms with van der Waals surface area (Å²) in [5.41, 5.74) is 7.34. The van der Waals surface area contributed by atoms with E-state index in [0.29, 0.717) is 16.3 Å². The number of halogens is 2. The van der Waals surface area contributed by atoms with Crippen molar-refractivity contribution in [2.45, 2.75) is 10.6 Å². The first kappa shape index (κ1) is 15.5. The summed E-state index contributed by atoms with van der Waals surface area (Å²) in [5.74, 6) is 1.11. The number of hydrogen-bond acceptors (Lipinski definition) is 3. The van der Waals surface area contributed by atoms with E-state index >= 15 is 0 Å². The summed E-state index contributed by atoms with van der Waals surface area (Å²) in [6.45, 7) is 0. The smallest absolute Gasteiger partial charge is 0.119 e. The highest BCUT2D eigenvalue weighted by atomic mass is 79.9. The van der Waals surface area contributed by atoms with E-state index in [-0.39, 0.29) is 0 Å². The van der Waals surface area contributed by atoms with E-state index in [4.69, 9.17) is 10.5 Å². The Labute approximate surface area is 137 Å². The molecular weight excluding hydrogens is 406 g/mol. The summed E-state index contributed by atoms with van der Waals surface area (Å²) < 4.78 is 19.4. The van der Waals surface area contributed by atoms with Crippen LogP contribution in [0, 0.1) is 0 Å². The molecule has 0 amide bonds. The Morgan fingerprint density at radius 1 is 1.20 bits per heavy atom. The number of nitrogens with two attached hydrogens (primary N) is 1. The lowest BCUT2D eigenvalue weighted by Gasteiger charge is -2.09. The monoisotopic (exact) mass is 417 g/mol. The van der Waals surface area contributed by atoms with Gasteiger partial charge in [0.15, 0.2) is 0 Å². The number of methoxy groups -OCH3 is 1. The van der Waals surface area contributed by atoms with Crippen LogP contribution in [0.3, 0.4) is 0 Å². The van der Waals surface area contributed by atoms with E-state index in [1.165, 1.54) is 0 Å². The Hall–Kier alpha value is -0.850. The molecule has 1 unspecified atom stereocenters. The second-order valence-electron chi connectivity index (χ2n) is 4.13. The van der Waals surface area contributed by atoms with Gasteiger partial charge in [0.25, 0.3) is 0 Å². The maximum absolute atomic E-state index is 12.5. The molecule has 2 aromatic rings. The van der Waals surface area contributed by atoms with Gasteiger partial charge < -0.3 is 10.5 Å². The third-order valence-corrected chi connectivity index (χ3v) is 5.44. The van der Waals surface area contributed by atoms with Crippen molar-refractivity contribution in [1.29, 1.82) is 0 Å². The van der Waals surface area contributed by atoms with Crippen LogP contribution in [0.15, 0.2) is 50.2 Å². The molecule has 1 atom stereocenters. The summed E-state index contributed by atoms with van der Waals surface area (Å²) in [7, 11) is 0.390. The zero-order chi connectivity index (χ0) is 14.7. The van der Waals surface area contributed by atoms with Gasteiger partial charge in [-0.15, -0.1) is 0 Å². The molecule has 0 bridgehead atoms. The molecule has 0 heterocycles. The molecule has 0 radical (unpaired) electrons. The largest absolute Gasteiger partial charge is 0.497 e. The van der Waals surface area contributed by atoms with E-state index in [1.807, 2.05) is 24.3 Å². The zero-order valence-corrected chi connectivity index (χ0v) is 14.7. The van der Waals surface area contributed by atoms with Crippen molar-refractivity contribution in [3.05, 3.63) is 50.9 Å². The Morgan fingerprint density at radius 2 is 1.95 bits per heavy atom. The van der Waals surface area contributed by atoms with Gasteiger partial charge in [-0.1, -0.05) is 31.9 Å². The van der Waals surface area contributed by atoms with Gasteiger partial charge >= 0.3 is 0 Å². The van der Waals surface area contributed by atoms with Crippen LogP contribution in [-0.2, 0) is 16.6 Å². The van der Waals surface area contributed by atoms with Gasteiger partial charge in [0, 0.05) is 14.6 Å². The SMILES string of the molecule is COc1ccc(Br)c(CS(=O)c2cc(Br)ccc2N)c1. The van der Waals surface area contributed by atoms with Crippen molar-refractivity contribution in [2.75, 3.05) is 12.8 Å². The van der Waals surface area contributed by atoms with Gasteiger partial charge in [-0.05, 0) is 42.0 Å². The predicted octanol–water partition coefficient (Wildman–Crippen LogP) is 4.11. The van der Waals surface area contributed by atoms with Crippen LogP contribution in [-0.4, -0.2) is 11.3 Å². The summed E-state index contributed by atoms with van der Waals surface area (Å²) >= 11 is 6.83. The number of rotatable bonds is 4. The van der Waals surface area contributed by atoms with Gasteiger partial charge in [0.2, 0.25) is 0 Å². The first-order valence-electron chi connectivity index (χ1n) is 5.77. The van der Waals surface area contributed by atoms with Gasteiger partial charge in [-0.2, -0.15) is 0 Å². The van der Waals surface area contributed by atoms with Crippen molar-refractivity contribution < 1.29 is 8.95 Å². The first-order chi connectivity index (χ1) is 9.51. The lowest BCUT2D eigenvalue weighted by molar-refractivity contribution is 0.414. The van der Waals surface area contributed by atoms with Crippen molar-refractivity contribution in [2.24, 2.45) is 0 Å². The van der Waals surface area contributed by atoms with Crippen LogP contribution in [0.1, 0.15) is 5.56 Å². The Kier molecular flexibility index (Phi) is 5.23. The molecule has 0 aliphatic rings. The molecule has 2 N–H and O–H groups in total. The third kappa shape index (κ3) is 3.62. The summed E-state index contributed by atoms with van der Waals surface area (Å²) in [4.78, 5) is 0.633. The molecule has 3 nitrogen and oxygen atoms in total. The van der Waals surface area contributed by atoms with E-state index in [1.54, 1.807) is 19.2 Å². The molecule has 2 aromatic carbocycles. The molecule has 0 fully saturated rings. The van der Waals surface area contributed by atoms with Crippen LogP contribution < -0.4 is 10.5 Å². The molecule has 0 saturated carbocycles. The second-order valence-corrected chi connectivity index (χ2v) is 7.32. The van der Waals surface area contributed by atoms with Crippen molar-refractivity contribution >= 4 is 48.3 Å². The first-order valence-corrected chi connectivity index (χ1v) is 8.67. The van der Waals surface area contributed by atoms with Gasteiger partial charge in [-0.25, -0.2) is 0 Å². The van der Waals surface area contributed by atoms with Crippen molar-refractivity contribution in [3.63, 3.8) is 0 Å². The van der Waals surface area contributed by atoms with E-state index in [0.717, 1.165) is 20.3 Å². The number of benzene rings is 2. The number of hydrogen-bond donors (Lipinski definition) is 1. The lowest BCUT2D eigenvalue weighted by Crippen LogP contribution is -2.02. The molecule has 0 aliphatic carbocycles. The van der Waals surface area contributed by atoms with Crippen LogP contribution in [0.2, 0.25) is 0 Å². The lowest BCUT2D eigenvalue weighted by atomic mass is 10.2.